The van der Waals surface area contributed by atoms with Gasteiger partial charge in [0.25, 0.3) is 0 Å². The molecule has 0 fully saturated rings. The van der Waals surface area contributed by atoms with Gasteiger partial charge in [-0.15, -0.1) is 0 Å². The molecule has 0 saturated heterocycles. The first kappa shape index (κ1) is 17.0. The molecule has 2 N–H and O–H groups in total. The third-order valence-electron chi connectivity index (χ3n) is 3.18. The minimum Gasteiger partial charge on any atom is -0.494 e. The van der Waals surface area contributed by atoms with Crippen molar-refractivity contribution in [1.29, 1.82) is 0 Å². The lowest BCUT2D eigenvalue weighted by molar-refractivity contribution is 0.243. The standard InChI is InChI=1S/C19H26N2O2/c1-4-22-17-11-9-16(10-12-17)20-13-14-21-18-7-5-6-8-19(18)23-15(2)3/h5-12,15,20-21H,4,13-14H2,1-3H3. The summed E-state index contributed by atoms with van der Waals surface area (Å²) in [6.45, 7) is 8.37. The van der Waals surface area contributed by atoms with Crippen LogP contribution in [0.4, 0.5) is 11.4 Å². The van der Waals surface area contributed by atoms with Crippen molar-refractivity contribution in [3.05, 3.63) is 48.5 Å². The molecule has 23 heavy (non-hydrogen) atoms. The average molecular weight is 314 g/mol. The van der Waals surface area contributed by atoms with Gasteiger partial charge in [0.05, 0.1) is 18.4 Å². The van der Waals surface area contributed by atoms with Crippen LogP contribution in [0.3, 0.4) is 0 Å². The number of nitrogens with one attached hydrogen (secondary N) is 2. The van der Waals surface area contributed by atoms with E-state index in [1.165, 1.54) is 0 Å². The number of hydrogen-bond donors (Lipinski definition) is 2. The highest BCUT2D eigenvalue weighted by Gasteiger charge is 2.04. The molecular formula is C19H26N2O2. The lowest BCUT2D eigenvalue weighted by Gasteiger charge is -2.15. The Morgan fingerprint density at radius 2 is 1.61 bits per heavy atom. The summed E-state index contributed by atoms with van der Waals surface area (Å²) < 4.78 is 11.2. The van der Waals surface area contributed by atoms with Gasteiger partial charge in [0.2, 0.25) is 0 Å². The van der Waals surface area contributed by atoms with Gasteiger partial charge in [-0.3, -0.25) is 0 Å². The minimum atomic E-state index is 0.167. The number of hydrogen-bond acceptors (Lipinski definition) is 4. The van der Waals surface area contributed by atoms with E-state index in [2.05, 4.69) is 10.6 Å². The lowest BCUT2D eigenvalue weighted by atomic mass is 10.3. The highest BCUT2D eigenvalue weighted by Crippen LogP contribution is 2.24. The Morgan fingerprint density at radius 1 is 0.913 bits per heavy atom. The van der Waals surface area contributed by atoms with Crippen LogP contribution in [0, 0.1) is 0 Å². The Hall–Kier alpha value is -2.36. The second-order valence-electron chi connectivity index (χ2n) is 5.47. The molecule has 4 nitrogen and oxygen atoms in total. The van der Waals surface area contributed by atoms with Gasteiger partial charge in [0.15, 0.2) is 0 Å². The normalized spacial score (nSPS) is 10.4. The zero-order valence-electron chi connectivity index (χ0n) is 14.1. The Kier molecular flexibility index (Phi) is 6.60. The highest BCUT2D eigenvalue weighted by atomic mass is 16.5. The molecule has 0 aromatic heterocycles. The maximum absolute atomic E-state index is 5.80. The highest BCUT2D eigenvalue weighted by molar-refractivity contribution is 5.56. The molecule has 0 aliphatic heterocycles. The molecule has 0 aliphatic carbocycles. The van der Waals surface area contributed by atoms with E-state index in [0.29, 0.717) is 6.61 Å². The molecule has 4 heteroatoms. The van der Waals surface area contributed by atoms with Crippen molar-refractivity contribution in [2.24, 2.45) is 0 Å². The first-order valence-corrected chi connectivity index (χ1v) is 8.15. The summed E-state index contributed by atoms with van der Waals surface area (Å²) in [6.07, 6.45) is 0.167. The summed E-state index contributed by atoms with van der Waals surface area (Å²) in [5, 5.41) is 6.79. The van der Waals surface area contributed by atoms with Crippen molar-refractivity contribution in [1.82, 2.24) is 0 Å². The largest absolute Gasteiger partial charge is 0.494 e. The van der Waals surface area contributed by atoms with E-state index >= 15 is 0 Å². The van der Waals surface area contributed by atoms with E-state index in [9.17, 15) is 0 Å². The van der Waals surface area contributed by atoms with Gasteiger partial charge >= 0.3 is 0 Å². The van der Waals surface area contributed by atoms with Gasteiger partial charge in [-0.25, -0.2) is 0 Å². The van der Waals surface area contributed by atoms with Gasteiger partial charge in [0, 0.05) is 18.8 Å². The van der Waals surface area contributed by atoms with E-state index in [4.69, 9.17) is 9.47 Å². The van der Waals surface area contributed by atoms with Crippen LogP contribution in [0.25, 0.3) is 0 Å². The summed E-state index contributed by atoms with van der Waals surface area (Å²) in [5.74, 6) is 1.79. The summed E-state index contributed by atoms with van der Waals surface area (Å²) in [4.78, 5) is 0. The lowest BCUT2D eigenvalue weighted by Crippen LogP contribution is -2.15. The van der Waals surface area contributed by atoms with Crippen molar-refractivity contribution >= 4 is 11.4 Å². The van der Waals surface area contributed by atoms with Gasteiger partial charge in [0.1, 0.15) is 11.5 Å². The summed E-state index contributed by atoms with van der Waals surface area (Å²) in [7, 11) is 0. The van der Waals surface area contributed by atoms with E-state index < -0.39 is 0 Å². The maximum Gasteiger partial charge on any atom is 0.142 e. The molecule has 0 aliphatic rings. The van der Waals surface area contributed by atoms with Gasteiger partial charge in [-0.05, 0) is 57.2 Å². The summed E-state index contributed by atoms with van der Waals surface area (Å²) in [5.41, 5.74) is 2.11. The van der Waals surface area contributed by atoms with Crippen molar-refractivity contribution in [3.8, 4) is 11.5 Å². The van der Waals surface area contributed by atoms with E-state index in [1.807, 2.05) is 69.3 Å². The van der Waals surface area contributed by atoms with Crippen LogP contribution in [0.5, 0.6) is 11.5 Å². The zero-order valence-corrected chi connectivity index (χ0v) is 14.1. The molecule has 0 spiro atoms. The zero-order chi connectivity index (χ0) is 16.5. The second-order valence-corrected chi connectivity index (χ2v) is 5.47. The van der Waals surface area contributed by atoms with E-state index in [0.717, 1.165) is 36.0 Å². The average Bonchev–Trinajstić information content (AvgIpc) is 2.54. The number of ether oxygens (including phenoxy) is 2. The molecule has 124 valence electrons. The van der Waals surface area contributed by atoms with E-state index in [-0.39, 0.29) is 6.10 Å². The monoisotopic (exact) mass is 314 g/mol. The Labute approximate surface area is 138 Å². The third-order valence-corrected chi connectivity index (χ3v) is 3.18. The summed E-state index contributed by atoms with van der Waals surface area (Å²) in [6, 6.07) is 16.0. The Bertz CT molecular complexity index is 582. The first-order chi connectivity index (χ1) is 11.2. The molecule has 2 rings (SSSR count). The molecule has 2 aromatic rings. The molecule has 0 radical (unpaired) electrons. The topological polar surface area (TPSA) is 42.5 Å². The van der Waals surface area contributed by atoms with Gasteiger partial charge < -0.3 is 20.1 Å². The van der Waals surface area contributed by atoms with Crippen LogP contribution in [0.2, 0.25) is 0 Å². The molecule has 0 heterocycles. The van der Waals surface area contributed by atoms with Crippen molar-refractivity contribution in [3.63, 3.8) is 0 Å². The van der Waals surface area contributed by atoms with E-state index in [1.54, 1.807) is 0 Å². The molecule has 0 bridgehead atoms. The number of benzene rings is 2. The SMILES string of the molecule is CCOc1ccc(NCCNc2ccccc2OC(C)C)cc1. The fourth-order valence-corrected chi connectivity index (χ4v) is 2.21. The second kappa shape index (κ2) is 8.93. The smallest absolute Gasteiger partial charge is 0.142 e. The molecule has 0 amide bonds. The van der Waals surface area contributed by atoms with Crippen LogP contribution in [0.1, 0.15) is 20.8 Å². The molecule has 0 saturated carbocycles. The van der Waals surface area contributed by atoms with Crippen LogP contribution >= 0.6 is 0 Å². The predicted molar refractivity (Wildman–Crippen MR) is 96.8 cm³/mol. The minimum absolute atomic E-state index is 0.167. The van der Waals surface area contributed by atoms with Crippen LogP contribution in [-0.4, -0.2) is 25.8 Å². The van der Waals surface area contributed by atoms with Crippen molar-refractivity contribution < 1.29 is 9.47 Å². The first-order valence-electron chi connectivity index (χ1n) is 8.15. The van der Waals surface area contributed by atoms with Crippen LogP contribution in [-0.2, 0) is 0 Å². The molecular weight excluding hydrogens is 288 g/mol. The van der Waals surface area contributed by atoms with Crippen molar-refractivity contribution in [2.75, 3.05) is 30.3 Å². The van der Waals surface area contributed by atoms with Crippen LogP contribution in [0.15, 0.2) is 48.5 Å². The Balaban J connectivity index is 1.79. The molecule has 2 aromatic carbocycles. The maximum atomic E-state index is 5.80. The predicted octanol–water partition coefficient (Wildman–Crippen LogP) is 4.40. The number of para-hydroxylation sites is 2. The third kappa shape index (κ3) is 5.74. The molecule has 0 unspecified atom stereocenters. The summed E-state index contributed by atoms with van der Waals surface area (Å²) >= 11 is 0. The fraction of sp³-hybridized carbons (Fsp3) is 0.368. The number of rotatable bonds is 9. The quantitative estimate of drug-likeness (QED) is 0.673. The van der Waals surface area contributed by atoms with Gasteiger partial charge in [-0.2, -0.15) is 0 Å². The fourth-order valence-electron chi connectivity index (χ4n) is 2.21. The van der Waals surface area contributed by atoms with Crippen molar-refractivity contribution in [2.45, 2.75) is 26.9 Å². The number of anilines is 2. The Morgan fingerprint density at radius 3 is 2.30 bits per heavy atom. The van der Waals surface area contributed by atoms with Crippen LogP contribution < -0.4 is 20.1 Å². The molecule has 0 atom stereocenters. The van der Waals surface area contributed by atoms with Gasteiger partial charge in [-0.1, -0.05) is 12.1 Å².